The number of rotatable bonds is 4. The lowest BCUT2D eigenvalue weighted by molar-refractivity contribution is -0.146. The van der Waals surface area contributed by atoms with E-state index in [4.69, 9.17) is 4.74 Å². The smallest absolute Gasteiger partial charge is 0.223 e. The molecule has 6 heteroatoms. The van der Waals surface area contributed by atoms with Crippen molar-refractivity contribution in [1.82, 2.24) is 14.9 Å². The summed E-state index contributed by atoms with van der Waals surface area (Å²) in [6, 6.07) is 3.90. The van der Waals surface area contributed by atoms with Crippen molar-refractivity contribution in [3.63, 3.8) is 0 Å². The fourth-order valence-corrected chi connectivity index (χ4v) is 3.58. The number of pyridine rings is 1. The van der Waals surface area contributed by atoms with Gasteiger partial charge >= 0.3 is 0 Å². The monoisotopic (exact) mass is 331 g/mol. The van der Waals surface area contributed by atoms with E-state index in [1.165, 1.54) is 0 Å². The molecule has 122 valence electrons. The average molecular weight is 331 g/mol. The van der Waals surface area contributed by atoms with Gasteiger partial charge in [-0.05, 0) is 32.4 Å². The van der Waals surface area contributed by atoms with E-state index in [0.717, 1.165) is 16.3 Å². The van der Waals surface area contributed by atoms with Crippen LogP contribution in [0.4, 0.5) is 0 Å². The van der Waals surface area contributed by atoms with Gasteiger partial charge in [0.15, 0.2) is 0 Å². The molecule has 3 heterocycles. The zero-order valence-corrected chi connectivity index (χ0v) is 14.3. The van der Waals surface area contributed by atoms with Crippen molar-refractivity contribution < 1.29 is 9.53 Å². The van der Waals surface area contributed by atoms with E-state index >= 15 is 0 Å². The number of aryl methyl sites for hydroxylation is 1. The molecule has 0 spiro atoms. The van der Waals surface area contributed by atoms with Crippen molar-refractivity contribution in [3.8, 4) is 10.6 Å². The second-order valence-electron chi connectivity index (χ2n) is 6.30. The number of nitrogens with zero attached hydrogens (tertiary/aromatic N) is 3. The van der Waals surface area contributed by atoms with E-state index in [9.17, 15) is 4.79 Å². The van der Waals surface area contributed by atoms with Crippen LogP contribution < -0.4 is 0 Å². The third kappa shape index (κ3) is 3.76. The number of hydrogen-bond donors (Lipinski definition) is 0. The molecular formula is C17H21N3O2S. The van der Waals surface area contributed by atoms with E-state index in [-0.39, 0.29) is 11.4 Å². The van der Waals surface area contributed by atoms with Gasteiger partial charge in [-0.3, -0.25) is 9.78 Å². The molecule has 1 aliphatic rings. The zero-order chi connectivity index (χ0) is 16.3. The molecule has 2 aromatic rings. The summed E-state index contributed by atoms with van der Waals surface area (Å²) < 4.78 is 5.47. The molecule has 1 fully saturated rings. The first-order chi connectivity index (χ1) is 11.1. The predicted octanol–water partition coefficient (Wildman–Crippen LogP) is 2.78. The van der Waals surface area contributed by atoms with Gasteiger partial charge in [-0.1, -0.05) is 0 Å². The highest BCUT2D eigenvalue weighted by Crippen LogP contribution is 2.24. The van der Waals surface area contributed by atoms with Crippen molar-refractivity contribution in [3.05, 3.63) is 35.6 Å². The maximum Gasteiger partial charge on any atom is 0.223 e. The zero-order valence-electron chi connectivity index (χ0n) is 13.5. The minimum Gasteiger partial charge on any atom is -0.377 e. The van der Waals surface area contributed by atoms with E-state index in [2.05, 4.69) is 9.97 Å². The van der Waals surface area contributed by atoms with Gasteiger partial charge < -0.3 is 9.64 Å². The summed E-state index contributed by atoms with van der Waals surface area (Å²) in [6.07, 6.45) is 4.72. The summed E-state index contributed by atoms with van der Waals surface area (Å²) in [4.78, 5) is 23.2. The normalized spacial score (nSPS) is 17.2. The minimum atomic E-state index is -0.224. The molecule has 0 aromatic carbocycles. The first-order valence-electron chi connectivity index (χ1n) is 7.79. The molecule has 0 saturated carbocycles. The molecule has 0 aliphatic carbocycles. The number of morpholine rings is 1. The Morgan fingerprint density at radius 2 is 2.35 bits per heavy atom. The molecule has 0 atom stereocenters. The molecule has 1 saturated heterocycles. The largest absolute Gasteiger partial charge is 0.377 e. The number of hydrogen-bond acceptors (Lipinski definition) is 5. The quantitative estimate of drug-likeness (QED) is 0.864. The Morgan fingerprint density at radius 3 is 3.09 bits per heavy atom. The number of aromatic nitrogens is 2. The maximum atomic E-state index is 12.5. The van der Waals surface area contributed by atoms with Crippen LogP contribution in [0.1, 0.15) is 26.0 Å². The molecule has 0 unspecified atom stereocenters. The van der Waals surface area contributed by atoms with Crippen molar-refractivity contribution in [1.29, 1.82) is 0 Å². The Labute approximate surface area is 140 Å². The van der Waals surface area contributed by atoms with Crippen LogP contribution >= 0.6 is 11.3 Å². The number of ether oxygens (including phenoxy) is 1. The molecule has 0 N–H and O–H groups in total. The third-order valence-electron chi connectivity index (χ3n) is 4.00. The molecule has 3 rings (SSSR count). The second kappa shape index (κ2) is 6.76. The van der Waals surface area contributed by atoms with Gasteiger partial charge in [0.2, 0.25) is 5.91 Å². The van der Waals surface area contributed by atoms with Crippen LogP contribution in [0.15, 0.2) is 29.9 Å². The number of carbonyl (C=O) groups excluding carboxylic acids is 1. The Hall–Kier alpha value is -1.79. The summed E-state index contributed by atoms with van der Waals surface area (Å²) in [7, 11) is 0. The van der Waals surface area contributed by atoms with Gasteiger partial charge in [0, 0.05) is 36.3 Å². The second-order valence-corrected chi connectivity index (χ2v) is 7.15. The number of thiazole rings is 1. The summed E-state index contributed by atoms with van der Waals surface area (Å²) >= 11 is 1.59. The van der Waals surface area contributed by atoms with E-state index in [0.29, 0.717) is 32.6 Å². The molecule has 0 radical (unpaired) electrons. The highest BCUT2D eigenvalue weighted by atomic mass is 32.1. The number of carbonyl (C=O) groups is 1. The molecular weight excluding hydrogens is 310 g/mol. The Bertz CT molecular complexity index is 669. The highest BCUT2D eigenvalue weighted by molar-refractivity contribution is 7.13. The molecule has 23 heavy (non-hydrogen) atoms. The molecule has 1 aliphatic heterocycles. The lowest BCUT2D eigenvalue weighted by Gasteiger charge is -2.42. The van der Waals surface area contributed by atoms with Crippen molar-refractivity contribution >= 4 is 17.2 Å². The Balaban J connectivity index is 1.60. The van der Waals surface area contributed by atoms with E-state index < -0.39 is 0 Å². The third-order valence-corrected chi connectivity index (χ3v) is 4.94. The first kappa shape index (κ1) is 16.1. The Morgan fingerprint density at radius 1 is 1.48 bits per heavy atom. The fraction of sp³-hybridized carbons (Fsp3) is 0.471. The van der Waals surface area contributed by atoms with Crippen molar-refractivity contribution in [2.45, 2.75) is 32.2 Å². The van der Waals surface area contributed by atoms with Gasteiger partial charge in [0.05, 0.1) is 24.4 Å². The topological polar surface area (TPSA) is 55.3 Å². The first-order valence-corrected chi connectivity index (χ1v) is 8.67. The lowest BCUT2D eigenvalue weighted by Crippen LogP contribution is -2.55. The standard InChI is InChI=1S/C17H21N3O2S/c1-17(2)12-22-9-8-20(17)15(21)6-5-14-11-23-16(19-14)13-4-3-7-18-10-13/h3-4,7,10-11H,5-6,8-9,12H2,1-2H3. The molecule has 0 bridgehead atoms. The SMILES string of the molecule is CC1(C)COCCN1C(=O)CCc1csc(-c2cccnc2)n1. The van der Waals surface area contributed by atoms with Crippen LogP contribution in [-0.2, 0) is 16.0 Å². The summed E-state index contributed by atoms with van der Waals surface area (Å²) in [5.41, 5.74) is 1.76. The van der Waals surface area contributed by atoms with Crippen LogP contribution in [0.2, 0.25) is 0 Å². The molecule has 2 aromatic heterocycles. The van der Waals surface area contributed by atoms with E-state index in [1.807, 2.05) is 42.5 Å². The van der Waals surface area contributed by atoms with Gasteiger partial charge in [-0.15, -0.1) is 11.3 Å². The van der Waals surface area contributed by atoms with E-state index in [1.54, 1.807) is 17.5 Å². The maximum absolute atomic E-state index is 12.5. The van der Waals surface area contributed by atoms with Crippen molar-refractivity contribution in [2.75, 3.05) is 19.8 Å². The molecule has 5 nitrogen and oxygen atoms in total. The van der Waals surface area contributed by atoms with Gasteiger partial charge in [0.25, 0.3) is 0 Å². The predicted molar refractivity (Wildman–Crippen MR) is 90.3 cm³/mol. The van der Waals surface area contributed by atoms with Gasteiger partial charge in [-0.2, -0.15) is 0 Å². The van der Waals surface area contributed by atoms with Crippen LogP contribution in [-0.4, -0.2) is 46.1 Å². The Kier molecular flexibility index (Phi) is 4.73. The van der Waals surface area contributed by atoms with Gasteiger partial charge in [0.1, 0.15) is 5.01 Å². The lowest BCUT2D eigenvalue weighted by atomic mass is 10.0. The number of amides is 1. The highest BCUT2D eigenvalue weighted by Gasteiger charge is 2.33. The fourth-order valence-electron chi connectivity index (χ4n) is 2.73. The average Bonchev–Trinajstić information content (AvgIpc) is 3.02. The summed E-state index contributed by atoms with van der Waals surface area (Å²) in [5, 5.41) is 2.98. The van der Waals surface area contributed by atoms with Crippen LogP contribution in [0, 0.1) is 0 Å². The summed E-state index contributed by atoms with van der Waals surface area (Å²) in [6.45, 7) is 5.99. The summed E-state index contributed by atoms with van der Waals surface area (Å²) in [5.74, 6) is 0.175. The van der Waals surface area contributed by atoms with Gasteiger partial charge in [-0.25, -0.2) is 4.98 Å². The minimum absolute atomic E-state index is 0.175. The van der Waals surface area contributed by atoms with Crippen molar-refractivity contribution in [2.24, 2.45) is 0 Å². The van der Waals surface area contributed by atoms with Crippen LogP contribution in [0.25, 0.3) is 10.6 Å². The molecule has 1 amide bonds. The van der Waals surface area contributed by atoms with Crippen LogP contribution in [0.3, 0.4) is 0 Å². The van der Waals surface area contributed by atoms with Crippen LogP contribution in [0.5, 0.6) is 0 Å².